The maximum atomic E-state index is 14.0. The lowest BCUT2D eigenvalue weighted by atomic mass is 9.90. The summed E-state index contributed by atoms with van der Waals surface area (Å²) < 4.78 is 20.0. The number of methoxy groups -OCH3 is 1. The van der Waals surface area contributed by atoms with Crippen LogP contribution in [-0.2, 0) is 4.79 Å². The van der Waals surface area contributed by atoms with Gasteiger partial charge in [-0.05, 0) is 68.0 Å². The third-order valence-corrected chi connectivity index (χ3v) is 7.67. The molecule has 1 atom stereocenters. The summed E-state index contributed by atoms with van der Waals surface area (Å²) in [5, 5.41) is 4.05. The van der Waals surface area contributed by atoms with Crippen molar-refractivity contribution in [3.63, 3.8) is 0 Å². The Hall–Kier alpha value is -3.00. The quantitative estimate of drug-likeness (QED) is 0.625. The number of carbonyl (C=O) groups is 2. The summed E-state index contributed by atoms with van der Waals surface area (Å²) >= 11 is 1.64. The number of fused-ring (bicyclic) bond motifs is 1. The average Bonchev–Trinajstić information content (AvgIpc) is 3.35. The Morgan fingerprint density at radius 3 is 2.72 bits per heavy atom. The number of hydrogen-bond donors (Lipinski definition) is 1. The predicted molar refractivity (Wildman–Crippen MR) is 122 cm³/mol. The van der Waals surface area contributed by atoms with Crippen LogP contribution in [0.1, 0.15) is 34.6 Å². The molecular formula is C24H24FN3O3S. The van der Waals surface area contributed by atoms with Crippen molar-refractivity contribution in [1.82, 2.24) is 9.88 Å². The second-order valence-corrected chi connectivity index (χ2v) is 9.90. The maximum Gasteiger partial charge on any atom is 0.253 e. The van der Waals surface area contributed by atoms with Gasteiger partial charge in [-0.25, -0.2) is 9.37 Å². The second-order valence-electron chi connectivity index (χ2n) is 8.67. The van der Waals surface area contributed by atoms with Crippen molar-refractivity contribution in [3.8, 4) is 5.75 Å². The number of amides is 2. The molecule has 2 fully saturated rings. The van der Waals surface area contributed by atoms with Gasteiger partial charge >= 0.3 is 0 Å². The van der Waals surface area contributed by atoms with Crippen LogP contribution >= 0.6 is 11.3 Å². The fourth-order valence-corrected chi connectivity index (χ4v) is 5.57. The summed E-state index contributed by atoms with van der Waals surface area (Å²) in [7, 11) is 1.39. The van der Waals surface area contributed by atoms with Crippen molar-refractivity contribution in [3.05, 3.63) is 52.8 Å². The number of hydrogen-bond acceptors (Lipinski definition) is 5. The zero-order chi connectivity index (χ0) is 22.5. The Bertz CT molecular complexity index is 1220. The first-order chi connectivity index (χ1) is 15.4. The lowest BCUT2D eigenvalue weighted by Crippen LogP contribution is -2.40. The standard InChI is InChI=1S/C24H24FN3O3S/c1-14-26-19-12-16(4-6-21(19)32-14)27-22(29)17-13-24(17)7-9-28(10-8-24)23(30)15-3-5-20(31-2)18(25)11-15/h3-6,11-12,17H,7-10,13H2,1-2H3,(H,27,29). The molecule has 2 aromatic carbocycles. The van der Waals surface area contributed by atoms with Gasteiger partial charge < -0.3 is 15.0 Å². The Morgan fingerprint density at radius 2 is 2.00 bits per heavy atom. The highest BCUT2D eigenvalue weighted by Gasteiger charge is 2.58. The van der Waals surface area contributed by atoms with Crippen LogP contribution in [0.25, 0.3) is 10.2 Å². The molecule has 0 radical (unpaired) electrons. The van der Waals surface area contributed by atoms with Crippen molar-refractivity contribution in [2.75, 3.05) is 25.5 Å². The number of nitrogens with zero attached hydrogens (tertiary/aromatic N) is 2. The number of ether oxygens (including phenoxy) is 1. The predicted octanol–water partition coefficient (Wildman–Crippen LogP) is 4.63. The molecule has 1 spiro atoms. The Balaban J connectivity index is 1.19. The summed E-state index contributed by atoms with van der Waals surface area (Å²) in [5.41, 5.74) is 1.95. The number of likely N-dealkylation sites (tertiary alicyclic amines) is 1. The van der Waals surface area contributed by atoms with E-state index in [-0.39, 0.29) is 28.9 Å². The minimum Gasteiger partial charge on any atom is -0.494 e. The molecule has 1 aliphatic heterocycles. The summed E-state index contributed by atoms with van der Waals surface area (Å²) in [4.78, 5) is 31.9. The van der Waals surface area contributed by atoms with Crippen LogP contribution in [0.3, 0.4) is 0 Å². The van der Waals surface area contributed by atoms with Crippen molar-refractivity contribution in [2.24, 2.45) is 11.3 Å². The topological polar surface area (TPSA) is 71.5 Å². The lowest BCUT2D eigenvalue weighted by Gasteiger charge is -2.33. The van der Waals surface area contributed by atoms with Crippen LogP contribution in [0.4, 0.5) is 10.1 Å². The minimum absolute atomic E-state index is 0.0344. The van der Waals surface area contributed by atoms with Gasteiger partial charge in [0.05, 0.1) is 22.3 Å². The summed E-state index contributed by atoms with van der Waals surface area (Å²) in [5.74, 6) is -0.610. The number of rotatable bonds is 4. The highest BCUT2D eigenvalue weighted by molar-refractivity contribution is 7.18. The van der Waals surface area contributed by atoms with Crippen molar-refractivity contribution < 1.29 is 18.7 Å². The van der Waals surface area contributed by atoms with E-state index < -0.39 is 5.82 Å². The van der Waals surface area contributed by atoms with E-state index in [9.17, 15) is 14.0 Å². The zero-order valence-electron chi connectivity index (χ0n) is 18.0. The Kier molecular flexibility index (Phi) is 5.12. The van der Waals surface area contributed by atoms with Gasteiger partial charge in [0.1, 0.15) is 0 Å². The fourth-order valence-electron chi connectivity index (χ4n) is 4.76. The highest BCUT2D eigenvalue weighted by atomic mass is 32.1. The first-order valence-electron chi connectivity index (χ1n) is 10.7. The van der Waals surface area contributed by atoms with E-state index >= 15 is 0 Å². The van der Waals surface area contributed by atoms with Gasteiger partial charge in [-0.2, -0.15) is 0 Å². The fraction of sp³-hybridized carbons (Fsp3) is 0.375. The van der Waals surface area contributed by atoms with Gasteiger partial charge in [0.25, 0.3) is 5.91 Å². The maximum absolute atomic E-state index is 14.0. The number of aryl methyl sites for hydroxylation is 1. The van der Waals surface area contributed by atoms with Crippen LogP contribution in [0.15, 0.2) is 36.4 Å². The molecule has 1 saturated heterocycles. The first-order valence-corrected chi connectivity index (χ1v) is 11.5. The number of aromatic nitrogens is 1. The van der Waals surface area contributed by atoms with Gasteiger partial charge in [-0.3, -0.25) is 9.59 Å². The SMILES string of the molecule is COc1ccc(C(=O)N2CCC3(CC2)CC3C(=O)Nc2ccc3sc(C)nc3c2)cc1F. The Labute approximate surface area is 189 Å². The molecule has 32 heavy (non-hydrogen) atoms. The van der Waals surface area contributed by atoms with Gasteiger partial charge in [-0.15, -0.1) is 11.3 Å². The van der Waals surface area contributed by atoms with E-state index in [1.807, 2.05) is 25.1 Å². The van der Waals surface area contributed by atoms with Crippen molar-refractivity contribution in [2.45, 2.75) is 26.2 Å². The molecule has 2 heterocycles. The van der Waals surface area contributed by atoms with Crippen LogP contribution in [0.5, 0.6) is 5.75 Å². The number of carbonyl (C=O) groups excluding carboxylic acids is 2. The Morgan fingerprint density at radius 1 is 1.22 bits per heavy atom. The van der Waals surface area contributed by atoms with E-state index in [1.54, 1.807) is 22.3 Å². The molecule has 2 amide bonds. The molecule has 5 rings (SSSR count). The first kappa shape index (κ1) is 20.9. The van der Waals surface area contributed by atoms with Crippen molar-refractivity contribution >= 4 is 39.1 Å². The van der Waals surface area contributed by atoms with Crippen LogP contribution in [-0.4, -0.2) is 41.9 Å². The number of benzene rings is 2. The minimum atomic E-state index is -0.545. The highest BCUT2D eigenvalue weighted by Crippen LogP contribution is 2.59. The molecule has 6 nitrogen and oxygen atoms in total. The van der Waals surface area contributed by atoms with E-state index in [1.165, 1.54) is 19.2 Å². The third-order valence-electron chi connectivity index (χ3n) is 6.71. The molecule has 1 saturated carbocycles. The van der Waals surface area contributed by atoms with E-state index in [0.717, 1.165) is 40.2 Å². The number of piperidine rings is 1. The molecule has 8 heteroatoms. The van der Waals surface area contributed by atoms with Crippen LogP contribution < -0.4 is 10.1 Å². The van der Waals surface area contributed by atoms with Gasteiger partial charge in [0.2, 0.25) is 5.91 Å². The molecule has 1 unspecified atom stereocenters. The third kappa shape index (κ3) is 3.72. The summed E-state index contributed by atoms with van der Waals surface area (Å²) in [6.07, 6.45) is 2.40. The van der Waals surface area contributed by atoms with Crippen molar-refractivity contribution in [1.29, 1.82) is 0 Å². The van der Waals surface area contributed by atoms with Crippen LogP contribution in [0.2, 0.25) is 0 Å². The second kappa shape index (κ2) is 7.85. The lowest BCUT2D eigenvalue weighted by molar-refractivity contribution is -0.118. The normalized spacial score (nSPS) is 19.2. The smallest absolute Gasteiger partial charge is 0.253 e. The van der Waals surface area contributed by atoms with Crippen LogP contribution in [0, 0.1) is 24.1 Å². The average molecular weight is 454 g/mol. The number of thiazole rings is 1. The summed E-state index contributed by atoms with van der Waals surface area (Å²) in [6, 6.07) is 10.1. The number of anilines is 1. The molecule has 166 valence electrons. The monoisotopic (exact) mass is 453 g/mol. The molecule has 1 aromatic heterocycles. The zero-order valence-corrected chi connectivity index (χ0v) is 18.8. The van der Waals surface area contributed by atoms with E-state index in [0.29, 0.717) is 18.7 Å². The number of nitrogens with one attached hydrogen (secondary N) is 1. The molecule has 3 aromatic rings. The van der Waals surface area contributed by atoms with Gasteiger partial charge in [-0.1, -0.05) is 0 Å². The molecule has 1 N–H and O–H groups in total. The van der Waals surface area contributed by atoms with E-state index in [4.69, 9.17) is 4.74 Å². The summed E-state index contributed by atoms with van der Waals surface area (Å²) in [6.45, 7) is 3.11. The molecule has 1 aliphatic carbocycles. The van der Waals surface area contributed by atoms with Gasteiger partial charge in [0, 0.05) is 30.3 Å². The molecule has 2 aliphatic rings. The molecular weight excluding hydrogens is 429 g/mol. The van der Waals surface area contributed by atoms with Gasteiger partial charge in [0.15, 0.2) is 11.6 Å². The van der Waals surface area contributed by atoms with E-state index in [2.05, 4.69) is 10.3 Å². The molecule has 0 bridgehead atoms. The largest absolute Gasteiger partial charge is 0.494 e. The number of halogens is 1.